The van der Waals surface area contributed by atoms with Gasteiger partial charge < -0.3 is 14.2 Å². The first kappa shape index (κ1) is 24.4. The van der Waals surface area contributed by atoms with Gasteiger partial charge in [-0.25, -0.2) is 0 Å². The third kappa shape index (κ3) is 8.08. The Morgan fingerprint density at radius 1 is 0.633 bits per heavy atom. The Morgan fingerprint density at radius 3 is 1.77 bits per heavy atom. The second kappa shape index (κ2) is 15.0. The van der Waals surface area contributed by atoms with Gasteiger partial charge in [0.25, 0.3) is 0 Å². The van der Waals surface area contributed by atoms with E-state index in [-0.39, 0.29) is 0 Å². The Bertz CT molecular complexity index is 711. The van der Waals surface area contributed by atoms with Crippen LogP contribution in [-0.4, -0.2) is 20.3 Å². The monoisotopic (exact) mass is 414 g/mol. The van der Waals surface area contributed by atoms with Crippen molar-refractivity contribution in [3.63, 3.8) is 0 Å². The van der Waals surface area contributed by atoms with Crippen molar-refractivity contribution in [2.24, 2.45) is 0 Å². The average Bonchev–Trinajstić information content (AvgIpc) is 2.78. The van der Waals surface area contributed by atoms with Gasteiger partial charge in [0.15, 0.2) is 11.5 Å². The molecule has 2 rings (SSSR count). The highest BCUT2D eigenvalue weighted by atomic mass is 16.5. The normalized spacial score (nSPS) is 11.0. The van der Waals surface area contributed by atoms with Crippen LogP contribution in [0.2, 0.25) is 0 Å². The predicted octanol–water partition coefficient (Wildman–Crippen LogP) is 8.33. The molecule has 0 aliphatic carbocycles. The number of fused-ring (bicyclic) bond motifs is 1. The lowest BCUT2D eigenvalue weighted by atomic mass is 10.1. The van der Waals surface area contributed by atoms with Gasteiger partial charge >= 0.3 is 0 Å². The molecule has 0 aliphatic rings. The summed E-state index contributed by atoms with van der Waals surface area (Å²) < 4.78 is 18.2. The molecule has 0 N–H and O–H groups in total. The van der Waals surface area contributed by atoms with Crippen molar-refractivity contribution in [1.82, 2.24) is 0 Å². The van der Waals surface area contributed by atoms with Crippen molar-refractivity contribution in [2.45, 2.75) is 90.9 Å². The van der Waals surface area contributed by atoms with E-state index in [9.17, 15) is 0 Å². The highest BCUT2D eigenvalue weighted by molar-refractivity contribution is 5.93. The van der Waals surface area contributed by atoms with E-state index in [1.807, 2.05) is 0 Å². The van der Waals surface area contributed by atoms with Crippen molar-refractivity contribution in [2.75, 3.05) is 20.3 Å². The molecule has 0 bridgehead atoms. The molecule has 0 fully saturated rings. The van der Waals surface area contributed by atoms with Crippen LogP contribution >= 0.6 is 0 Å². The number of unbranched alkanes of at least 4 members (excludes halogenated alkanes) is 10. The van der Waals surface area contributed by atoms with Crippen molar-refractivity contribution < 1.29 is 14.2 Å². The van der Waals surface area contributed by atoms with E-state index in [0.29, 0.717) is 6.61 Å². The maximum absolute atomic E-state index is 6.30. The minimum absolute atomic E-state index is 0.703. The summed E-state index contributed by atoms with van der Waals surface area (Å²) in [6, 6.07) is 10.4. The molecule has 0 saturated carbocycles. The van der Waals surface area contributed by atoms with Crippen LogP contribution in [0.15, 0.2) is 30.3 Å². The van der Waals surface area contributed by atoms with Crippen LogP contribution in [0.25, 0.3) is 10.8 Å². The van der Waals surface area contributed by atoms with Gasteiger partial charge in [-0.15, -0.1) is 0 Å². The third-order valence-electron chi connectivity index (χ3n) is 5.63. The fourth-order valence-electron chi connectivity index (χ4n) is 3.82. The molecule has 2 aromatic carbocycles. The van der Waals surface area contributed by atoms with E-state index in [2.05, 4.69) is 44.2 Å². The Hall–Kier alpha value is -1.90. The minimum Gasteiger partial charge on any atom is -0.493 e. The zero-order valence-electron chi connectivity index (χ0n) is 19.5. The maximum Gasteiger partial charge on any atom is 0.204 e. The van der Waals surface area contributed by atoms with Crippen molar-refractivity contribution >= 4 is 10.8 Å². The average molecular weight is 415 g/mol. The van der Waals surface area contributed by atoms with Crippen LogP contribution in [0, 0.1) is 0 Å². The molecule has 0 aliphatic heterocycles. The largest absolute Gasteiger partial charge is 0.493 e. The van der Waals surface area contributed by atoms with Gasteiger partial charge in [0.2, 0.25) is 5.75 Å². The van der Waals surface area contributed by atoms with Crippen molar-refractivity contribution in [3.05, 3.63) is 30.3 Å². The molecule has 0 saturated heterocycles. The summed E-state index contributed by atoms with van der Waals surface area (Å²) in [5.41, 5.74) is 0. The lowest BCUT2D eigenvalue weighted by molar-refractivity contribution is 0.249. The summed E-state index contributed by atoms with van der Waals surface area (Å²) in [4.78, 5) is 0. The van der Waals surface area contributed by atoms with Crippen molar-refractivity contribution in [3.8, 4) is 17.2 Å². The summed E-state index contributed by atoms with van der Waals surface area (Å²) in [6.45, 7) is 5.93. The maximum atomic E-state index is 6.30. The van der Waals surface area contributed by atoms with E-state index in [0.717, 1.165) is 47.5 Å². The summed E-state index contributed by atoms with van der Waals surface area (Å²) in [5.74, 6) is 2.36. The molecule has 0 aromatic heterocycles. The first-order valence-electron chi connectivity index (χ1n) is 12.2. The topological polar surface area (TPSA) is 27.7 Å². The first-order valence-corrected chi connectivity index (χ1v) is 12.2. The fraction of sp³-hybridized carbons (Fsp3) is 0.630. The van der Waals surface area contributed by atoms with E-state index in [4.69, 9.17) is 14.2 Å². The molecule has 0 spiro atoms. The Kier molecular flexibility index (Phi) is 12.2. The van der Waals surface area contributed by atoms with Gasteiger partial charge in [-0.3, -0.25) is 0 Å². The summed E-state index contributed by atoms with van der Waals surface area (Å²) in [7, 11) is 1.71. The van der Waals surface area contributed by atoms with Crippen LogP contribution in [0.3, 0.4) is 0 Å². The molecule has 0 atom stereocenters. The van der Waals surface area contributed by atoms with Gasteiger partial charge in [-0.05, 0) is 24.3 Å². The van der Waals surface area contributed by atoms with Gasteiger partial charge in [0.1, 0.15) is 0 Å². The number of hydrogen-bond donors (Lipinski definition) is 0. The Labute approximate surface area is 184 Å². The van der Waals surface area contributed by atoms with Gasteiger partial charge in [-0.1, -0.05) is 102 Å². The van der Waals surface area contributed by atoms with Gasteiger partial charge in [0, 0.05) is 5.39 Å². The molecule has 3 nitrogen and oxygen atoms in total. The highest BCUT2D eigenvalue weighted by Gasteiger charge is 2.17. The van der Waals surface area contributed by atoms with Crippen LogP contribution in [0.1, 0.15) is 90.9 Å². The molecular formula is C27H42O3. The second-order valence-electron chi connectivity index (χ2n) is 8.19. The van der Waals surface area contributed by atoms with Crippen LogP contribution in [0.5, 0.6) is 17.2 Å². The Morgan fingerprint density at radius 2 is 1.17 bits per heavy atom. The van der Waals surface area contributed by atoms with Crippen LogP contribution in [-0.2, 0) is 0 Å². The smallest absolute Gasteiger partial charge is 0.204 e. The number of benzene rings is 2. The molecular weight excluding hydrogens is 372 g/mol. The minimum atomic E-state index is 0.703. The summed E-state index contributed by atoms with van der Waals surface area (Å²) in [6.07, 6.45) is 15.0. The molecule has 30 heavy (non-hydrogen) atoms. The van der Waals surface area contributed by atoms with Crippen LogP contribution in [0.4, 0.5) is 0 Å². The number of ether oxygens (including phenoxy) is 3. The lowest BCUT2D eigenvalue weighted by Crippen LogP contribution is -2.05. The Balaban J connectivity index is 2.01. The first-order chi connectivity index (χ1) is 14.8. The molecule has 0 radical (unpaired) electrons. The standard InChI is InChI=1S/C27H42O3/c1-4-6-8-10-12-16-20-29-26-24-19-15-14-18-23(24)22-25(28-3)27(26)30-21-17-13-11-9-7-5-2/h14-15,18-19,22H,4-13,16-17,20-21H2,1-3H3. The van der Waals surface area contributed by atoms with Crippen molar-refractivity contribution in [1.29, 1.82) is 0 Å². The van der Waals surface area contributed by atoms with E-state index in [1.165, 1.54) is 64.2 Å². The van der Waals surface area contributed by atoms with Gasteiger partial charge in [-0.2, -0.15) is 0 Å². The zero-order chi connectivity index (χ0) is 21.4. The molecule has 2 aromatic rings. The molecule has 0 amide bonds. The lowest BCUT2D eigenvalue weighted by Gasteiger charge is -2.18. The number of methoxy groups -OCH3 is 1. The van der Waals surface area contributed by atoms with E-state index >= 15 is 0 Å². The number of hydrogen-bond acceptors (Lipinski definition) is 3. The third-order valence-corrected chi connectivity index (χ3v) is 5.63. The predicted molar refractivity (Wildman–Crippen MR) is 128 cm³/mol. The molecule has 168 valence electrons. The second-order valence-corrected chi connectivity index (χ2v) is 8.19. The van der Waals surface area contributed by atoms with Gasteiger partial charge in [0.05, 0.1) is 20.3 Å². The summed E-state index contributed by atoms with van der Waals surface area (Å²) >= 11 is 0. The van der Waals surface area contributed by atoms with E-state index in [1.54, 1.807) is 7.11 Å². The quantitative estimate of drug-likeness (QED) is 0.243. The zero-order valence-corrected chi connectivity index (χ0v) is 19.5. The molecule has 0 heterocycles. The summed E-state index contributed by atoms with van der Waals surface area (Å²) in [5, 5.41) is 2.22. The fourth-order valence-corrected chi connectivity index (χ4v) is 3.82. The van der Waals surface area contributed by atoms with E-state index < -0.39 is 0 Å². The molecule has 3 heteroatoms. The highest BCUT2D eigenvalue weighted by Crippen LogP contribution is 2.43. The molecule has 0 unspecified atom stereocenters. The number of rotatable bonds is 17. The van der Waals surface area contributed by atoms with Crippen LogP contribution < -0.4 is 14.2 Å². The SMILES string of the molecule is CCCCCCCCOc1c(OC)cc2ccccc2c1OCCCCCCCC.